The lowest BCUT2D eigenvalue weighted by atomic mass is 10.1. The first-order valence-corrected chi connectivity index (χ1v) is 12.8. The van der Waals surface area contributed by atoms with Gasteiger partial charge in [0.05, 0.1) is 22.8 Å². The highest BCUT2D eigenvalue weighted by molar-refractivity contribution is 7.91. The number of carbonyl (C=O) groups is 1. The molecule has 0 atom stereocenters. The monoisotopic (exact) mass is 498 g/mol. The summed E-state index contributed by atoms with van der Waals surface area (Å²) in [5, 5.41) is 9.15. The van der Waals surface area contributed by atoms with Gasteiger partial charge in [0.15, 0.2) is 0 Å². The van der Waals surface area contributed by atoms with Gasteiger partial charge in [-0.15, -0.1) is 0 Å². The maximum Gasteiger partial charge on any atom is 0.307 e. The van der Waals surface area contributed by atoms with Gasteiger partial charge in [-0.3, -0.25) is 4.79 Å². The van der Waals surface area contributed by atoms with Crippen LogP contribution in [0.15, 0.2) is 76.5 Å². The van der Waals surface area contributed by atoms with E-state index in [4.69, 9.17) is 19.3 Å². The maximum absolute atomic E-state index is 13.3. The molecule has 8 heteroatoms. The first-order valence-electron chi connectivity index (χ1n) is 11.3. The molecular formula is C27H30O7S. The average Bonchev–Trinajstić information content (AvgIpc) is 2.78. The molecule has 0 aromatic heterocycles. The zero-order chi connectivity index (χ0) is 25.6. The fourth-order valence-electron chi connectivity index (χ4n) is 3.25. The molecule has 0 heterocycles. The second-order valence-corrected chi connectivity index (χ2v) is 10.9. The summed E-state index contributed by atoms with van der Waals surface area (Å²) in [6.07, 6.45) is 0.428. The third-order valence-electron chi connectivity index (χ3n) is 4.70. The van der Waals surface area contributed by atoms with Crippen LogP contribution in [0.3, 0.4) is 0 Å². The molecule has 0 aliphatic carbocycles. The Balaban J connectivity index is 1.81. The molecule has 0 aliphatic heterocycles. The van der Waals surface area contributed by atoms with E-state index < -0.39 is 15.8 Å². The highest BCUT2D eigenvalue weighted by Gasteiger charge is 2.20. The molecule has 7 nitrogen and oxygen atoms in total. The van der Waals surface area contributed by atoms with Crippen LogP contribution < -0.4 is 14.2 Å². The molecule has 3 rings (SSSR count). The number of sulfone groups is 1. The predicted molar refractivity (Wildman–Crippen MR) is 132 cm³/mol. The van der Waals surface area contributed by atoms with Gasteiger partial charge in [-0.05, 0) is 99.5 Å². The Kier molecular flexibility index (Phi) is 8.07. The largest absolute Gasteiger partial charge is 0.494 e. The van der Waals surface area contributed by atoms with Crippen molar-refractivity contribution in [2.24, 2.45) is 0 Å². The fraction of sp³-hybridized carbons (Fsp3) is 0.296. The van der Waals surface area contributed by atoms with Crippen LogP contribution in [0.1, 0.15) is 39.7 Å². The lowest BCUT2D eigenvalue weighted by Crippen LogP contribution is -2.22. The van der Waals surface area contributed by atoms with Crippen molar-refractivity contribution in [3.05, 3.63) is 72.3 Å². The molecular weight excluding hydrogens is 468 g/mol. The molecule has 0 unspecified atom stereocenters. The summed E-state index contributed by atoms with van der Waals surface area (Å²) >= 11 is 0. The Morgan fingerprint density at radius 1 is 0.829 bits per heavy atom. The van der Waals surface area contributed by atoms with Gasteiger partial charge in [-0.1, -0.05) is 6.92 Å². The normalized spacial score (nSPS) is 11.7. The zero-order valence-corrected chi connectivity index (χ0v) is 21.1. The highest BCUT2D eigenvalue weighted by atomic mass is 32.2. The summed E-state index contributed by atoms with van der Waals surface area (Å²) in [4.78, 5) is 11.2. The van der Waals surface area contributed by atoms with Crippen molar-refractivity contribution in [2.75, 3.05) is 6.61 Å². The molecule has 186 valence electrons. The smallest absolute Gasteiger partial charge is 0.307 e. The molecule has 3 aromatic rings. The summed E-state index contributed by atoms with van der Waals surface area (Å²) in [5.41, 5.74) is 0.0447. The third-order valence-corrected chi connectivity index (χ3v) is 6.44. The number of carboxylic acid groups (broad SMARTS) is 1. The summed E-state index contributed by atoms with van der Waals surface area (Å²) in [7, 11) is -3.90. The molecule has 0 spiro atoms. The Labute approximate surface area is 206 Å². The number of rotatable bonds is 10. The number of hydrogen-bond acceptors (Lipinski definition) is 6. The van der Waals surface area contributed by atoms with Crippen LogP contribution in [0.5, 0.6) is 23.0 Å². The zero-order valence-electron chi connectivity index (χ0n) is 20.3. The average molecular weight is 499 g/mol. The number of aliphatic carboxylic acids is 1. The van der Waals surface area contributed by atoms with E-state index in [1.54, 1.807) is 30.3 Å². The summed E-state index contributed by atoms with van der Waals surface area (Å²) in [6.45, 7) is 8.22. The summed E-state index contributed by atoms with van der Waals surface area (Å²) in [5.74, 6) is 1.04. The number of carboxylic acids is 1. The van der Waals surface area contributed by atoms with E-state index in [0.717, 1.165) is 12.2 Å². The number of ether oxygens (including phenoxy) is 3. The van der Waals surface area contributed by atoms with Crippen LogP contribution in [0.2, 0.25) is 0 Å². The van der Waals surface area contributed by atoms with Crippen molar-refractivity contribution < 1.29 is 32.5 Å². The quantitative estimate of drug-likeness (QED) is 0.371. The van der Waals surface area contributed by atoms with E-state index in [2.05, 4.69) is 0 Å². The van der Waals surface area contributed by atoms with Crippen molar-refractivity contribution in [3.63, 3.8) is 0 Å². The highest BCUT2D eigenvalue weighted by Crippen LogP contribution is 2.30. The lowest BCUT2D eigenvalue weighted by Gasteiger charge is -2.21. The van der Waals surface area contributed by atoms with E-state index in [1.165, 1.54) is 24.3 Å². The molecule has 0 saturated carbocycles. The van der Waals surface area contributed by atoms with Crippen LogP contribution in [-0.4, -0.2) is 31.7 Å². The lowest BCUT2D eigenvalue weighted by molar-refractivity contribution is -0.136. The molecule has 0 bridgehead atoms. The van der Waals surface area contributed by atoms with Gasteiger partial charge in [0.1, 0.15) is 28.6 Å². The summed E-state index contributed by atoms with van der Waals surface area (Å²) in [6, 6.07) is 17.6. The van der Waals surface area contributed by atoms with Crippen molar-refractivity contribution in [1.29, 1.82) is 0 Å². The Morgan fingerprint density at radius 3 is 1.94 bits per heavy atom. The van der Waals surface area contributed by atoms with Crippen molar-refractivity contribution in [2.45, 2.75) is 55.9 Å². The van der Waals surface area contributed by atoms with Crippen LogP contribution in [0.25, 0.3) is 0 Å². The molecule has 3 aromatic carbocycles. The van der Waals surface area contributed by atoms with Crippen molar-refractivity contribution in [1.82, 2.24) is 0 Å². The number of benzene rings is 3. The minimum atomic E-state index is -3.90. The minimum Gasteiger partial charge on any atom is -0.494 e. The van der Waals surface area contributed by atoms with Gasteiger partial charge < -0.3 is 19.3 Å². The van der Waals surface area contributed by atoms with Gasteiger partial charge in [-0.25, -0.2) is 8.42 Å². The molecule has 35 heavy (non-hydrogen) atoms. The topological polar surface area (TPSA) is 99.1 Å². The second kappa shape index (κ2) is 10.8. The Morgan fingerprint density at radius 2 is 1.40 bits per heavy atom. The van der Waals surface area contributed by atoms with E-state index in [9.17, 15) is 13.2 Å². The van der Waals surface area contributed by atoms with Crippen molar-refractivity contribution >= 4 is 15.8 Å². The molecule has 0 saturated heterocycles. The van der Waals surface area contributed by atoms with E-state index >= 15 is 0 Å². The van der Waals surface area contributed by atoms with E-state index in [1.807, 2.05) is 39.8 Å². The molecule has 0 amide bonds. The predicted octanol–water partition coefficient (Wildman–Crippen LogP) is 5.90. The van der Waals surface area contributed by atoms with Gasteiger partial charge in [-0.2, -0.15) is 0 Å². The van der Waals surface area contributed by atoms with Gasteiger partial charge in [0, 0.05) is 0 Å². The standard InChI is InChI=1S/C27H30O7S/c1-5-14-32-23-15-19(17-26(28)29)16-25(18-23)35(30,31)24-12-10-21(11-13-24)33-20-6-8-22(9-7-20)34-27(2,3)4/h6-13,15-16,18H,5,14,17H2,1-4H3,(H,28,29). The second-order valence-electron chi connectivity index (χ2n) is 8.99. The van der Waals surface area contributed by atoms with Crippen LogP contribution >= 0.6 is 0 Å². The van der Waals surface area contributed by atoms with Gasteiger partial charge in [0.25, 0.3) is 0 Å². The fourth-order valence-corrected chi connectivity index (χ4v) is 4.60. The molecule has 0 aliphatic rings. The molecule has 0 radical (unpaired) electrons. The third kappa shape index (κ3) is 7.48. The Hall–Kier alpha value is -3.52. The van der Waals surface area contributed by atoms with Crippen LogP contribution in [0.4, 0.5) is 0 Å². The Bertz CT molecular complexity index is 1260. The van der Waals surface area contributed by atoms with Gasteiger partial charge >= 0.3 is 5.97 Å². The SMILES string of the molecule is CCCOc1cc(CC(=O)O)cc(S(=O)(=O)c2ccc(Oc3ccc(OC(C)(C)C)cc3)cc2)c1. The maximum atomic E-state index is 13.3. The van der Waals surface area contributed by atoms with E-state index in [0.29, 0.717) is 29.4 Å². The van der Waals surface area contributed by atoms with Gasteiger partial charge in [0.2, 0.25) is 9.84 Å². The van der Waals surface area contributed by atoms with Crippen molar-refractivity contribution in [3.8, 4) is 23.0 Å². The van der Waals surface area contributed by atoms with Crippen LogP contribution in [0, 0.1) is 0 Å². The summed E-state index contributed by atoms with van der Waals surface area (Å²) < 4.78 is 43.7. The minimum absolute atomic E-state index is 0.0227. The first kappa shape index (κ1) is 26.1. The first-order chi connectivity index (χ1) is 16.5. The molecule has 1 N–H and O–H groups in total. The van der Waals surface area contributed by atoms with E-state index in [-0.39, 0.29) is 21.8 Å². The molecule has 0 fully saturated rings. The number of hydrogen-bond donors (Lipinski definition) is 1. The van der Waals surface area contributed by atoms with Crippen LogP contribution in [-0.2, 0) is 21.1 Å².